The van der Waals surface area contributed by atoms with Gasteiger partial charge in [-0.2, -0.15) is 0 Å². The van der Waals surface area contributed by atoms with Gasteiger partial charge in [0.1, 0.15) is 5.82 Å². The maximum atomic E-state index is 12.7. The molecule has 0 atom stereocenters. The van der Waals surface area contributed by atoms with Gasteiger partial charge in [-0.05, 0) is 24.3 Å². The van der Waals surface area contributed by atoms with Gasteiger partial charge in [0.25, 0.3) is 11.1 Å². The summed E-state index contributed by atoms with van der Waals surface area (Å²) in [5.74, 6) is -1.08. The van der Waals surface area contributed by atoms with Gasteiger partial charge in [0, 0.05) is 5.56 Å². The second-order valence-electron chi connectivity index (χ2n) is 3.91. The first-order valence-electron chi connectivity index (χ1n) is 5.82. The number of amides is 2. The molecule has 7 nitrogen and oxygen atoms in total. The highest BCUT2D eigenvalue weighted by atomic mass is 32.2. The third-order valence-corrected chi connectivity index (χ3v) is 3.13. The summed E-state index contributed by atoms with van der Waals surface area (Å²) >= 11 is 1.01. The minimum absolute atomic E-state index is 0.0281. The van der Waals surface area contributed by atoms with Crippen LogP contribution in [0.2, 0.25) is 0 Å². The van der Waals surface area contributed by atoms with Gasteiger partial charge in [-0.25, -0.2) is 4.39 Å². The Morgan fingerprint density at radius 1 is 1.29 bits per heavy atom. The number of primary amides is 1. The van der Waals surface area contributed by atoms with E-state index in [0.29, 0.717) is 5.56 Å². The summed E-state index contributed by atoms with van der Waals surface area (Å²) in [6.07, 6.45) is 0. The van der Waals surface area contributed by atoms with E-state index in [2.05, 4.69) is 15.5 Å². The van der Waals surface area contributed by atoms with Gasteiger partial charge in [-0.15, -0.1) is 10.2 Å². The van der Waals surface area contributed by atoms with Gasteiger partial charge in [-0.3, -0.25) is 9.59 Å². The summed E-state index contributed by atoms with van der Waals surface area (Å²) in [4.78, 5) is 22.4. The van der Waals surface area contributed by atoms with Gasteiger partial charge in [0.15, 0.2) is 0 Å². The van der Waals surface area contributed by atoms with Gasteiger partial charge >= 0.3 is 0 Å². The fourth-order valence-corrected chi connectivity index (χ4v) is 1.88. The quantitative estimate of drug-likeness (QED) is 0.760. The number of rotatable bonds is 6. The number of carbonyl (C=O) groups is 2. The van der Waals surface area contributed by atoms with Crippen LogP contribution in [0.15, 0.2) is 33.9 Å². The van der Waals surface area contributed by atoms with Gasteiger partial charge in [-0.1, -0.05) is 11.8 Å². The molecule has 3 N–H and O–H groups in total. The first kappa shape index (κ1) is 15.0. The summed E-state index contributed by atoms with van der Waals surface area (Å²) in [5, 5.41) is 10.1. The van der Waals surface area contributed by atoms with Crippen LogP contribution in [0.25, 0.3) is 0 Å². The molecule has 0 unspecified atom stereocenters. The zero-order valence-electron chi connectivity index (χ0n) is 10.7. The lowest BCUT2D eigenvalue weighted by atomic mass is 10.2. The Bertz CT molecular complexity index is 644. The summed E-state index contributed by atoms with van der Waals surface area (Å²) in [6.45, 7) is 0.0281. The van der Waals surface area contributed by atoms with Crippen LogP contribution < -0.4 is 11.1 Å². The van der Waals surface area contributed by atoms with Crippen molar-refractivity contribution in [2.75, 3.05) is 5.75 Å². The Hall–Kier alpha value is -2.42. The third-order valence-electron chi connectivity index (χ3n) is 2.29. The molecule has 0 fully saturated rings. The Morgan fingerprint density at radius 3 is 2.67 bits per heavy atom. The molecular formula is C12H11FN4O3S. The number of nitrogens with one attached hydrogen (secondary N) is 1. The lowest BCUT2D eigenvalue weighted by molar-refractivity contribution is -0.115. The molecule has 0 saturated heterocycles. The number of benzene rings is 1. The Kier molecular flexibility index (Phi) is 4.88. The monoisotopic (exact) mass is 310 g/mol. The van der Waals surface area contributed by atoms with Gasteiger partial charge in [0.2, 0.25) is 11.8 Å². The molecule has 1 heterocycles. The first-order valence-corrected chi connectivity index (χ1v) is 6.80. The number of nitrogens with zero attached hydrogens (tertiary/aromatic N) is 2. The van der Waals surface area contributed by atoms with Crippen LogP contribution in [0.4, 0.5) is 4.39 Å². The minimum atomic E-state index is -0.496. The van der Waals surface area contributed by atoms with E-state index in [1.807, 2.05) is 0 Å². The molecule has 0 aliphatic carbocycles. The number of hydrogen-bond donors (Lipinski definition) is 2. The van der Waals surface area contributed by atoms with Crippen molar-refractivity contribution in [3.05, 3.63) is 41.5 Å². The van der Waals surface area contributed by atoms with Crippen molar-refractivity contribution in [1.29, 1.82) is 0 Å². The zero-order chi connectivity index (χ0) is 15.2. The molecular weight excluding hydrogens is 299 g/mol. The van der Waals surface area contributed by atoms with Crippen LogP contribution in [0.1, 0.15) is 16.2 Å². The molecule has 0 aliphatic rings. The predicted octanol–water partition coefficient (Wildman–Crippen LogP) is 0.716. The lowest BCUT2D eigenvalue weighted by Gasteiger charge is -2.01. The SMILES string of the molecule is NC(=O)CSc1nnc(CNC(=O)c2ccc(F)cc2)o1. The largest absolute Gasteiger partial charge is 0.414 e. The van der Waals surface area contributed by atoms with Crippen molar-refractivity contribution >= 4 is 23.6 Å². The molecule has 2 aromatic rings. The van der Waals surface area contributed by atoms with E-state index < -0.39 is 11.7 Å². The fraction of sp³-hybridized carbons (Fsp3) is 0.167. The summed E-state index contributed by atoms with van der Waals surface area (Å²) in [7, 11) is 0. The van der Waals surface area contributed by atoms with Crippen molar-refractivity contribution < 1.29 is 18.4 Å². The molecule has 0 spiro atoms. The highest BCUT2D eigenvalue weighted by molar-refractivity contribution is 7.99. The third kappa shape index (κ3) is 4.56. The van der Waals surface area contributed by atoms with Crippen molar-refractivity contribution in [2.45, 2.75) is 11.8 Å². The zero-order valence-corrected chi connectivity index (χ0v) is 11.5. The van der Waals surface area contributed by atoms with Crippen LogP contribution in [0.3, 0.4) is 0 Å². The van der Waals surface area contributed by atoms with Crippen LogP contribution >= 0.6 is 11.8 Å². The van der Waals surface area contributed by atoms with Crippen LogP contribution in [-0.2, 0) is 11.3 Å². The second kappa shape index (κ2) is 6.84. The average Bonchev–Trinajstić information content (AvgIpc) is 2.91. The molecule has 0 radical (unpaired) electrons. The van der Waals surface area contributed by atoms with Gasteiger partial charge < -0.3 is 15.5 Å². The number of halogens is 1. The van der Waals surface area contributed by atoms with Crippen molar-refractivity contribution in [2.24, 2.45) is 5.73 Å². The number of carbonyl (C=O) groups excluding carboxylic acids is 2. The first-order chi connectivity index (χ1) is 10.0. The molecule has 2 rings (SSSR count). The number of aromatic nitrogens is 2. The van der Waals surface area contributed by atoms with E-state index in [-0.39, 0.29) is 29.3 Å². The Labute approximate surface area is 123 Å². The molecule has 21 heavy (non-hydrogen) atoms. The summed E-state index contributed by atoms with van der Waals surface area (Å²) in [6, 6.07) is 5.12. The van der Waals surface area contributed by atoms with E-state index in [9.17, 15) is 14.0 Å². The number of hydrogen-bond acceptors (Lipinski definition) is 6. The molecule has 1 aromatic carbocycles. The molecule has 0 saturated carbocycles. The van der Waals surface area contributed by atoms with E-state index in [1.54, 1.807) is 0 Å². The summed E-state index contributed by atoms with van der Waals surface area (Å²) in [5.41, 5.74) is 5.31. The summed E-state index contributed by atoms with van der Waals surface area (Å²) < 4.78 is 17.9. The maximum Gasteiger partial charge on any atom is 0.277 e. The Balaban J connectivity index is 1.86. The minimum Gasteiger partial charge on any atom is -0.414 e. The van der Waals surface area contributed by atoms with E-state index >= 15 is 0 Å². The predicted molar refractivity (Wildman–Crippen MR) is 71.8 cm³/mol. The highest BCUT2D eigenvalue weighted by Gasteiger charge is 2.10. The van der Waals surface area contributed by atoms with E-state index in [1.165, 1.54) is 24.3 Å². The standard InChI is InChI=1S/C12H11FN4O3S/c13-8-3-1-7(2-4-8)11(19)15-5-10-16-17-12(20-10)21-6-9(14)18/h1-4H,5-6H2,(H2,14,18)(H,15,19). The average molecular weight is 310 g/mol. The highest BCUT2D eigenvalue weighted by Crippen LogP contribution is 2.15. The molecule has 2 amide bonds. The maximum absolute atomic E-state index is 12.7. The van der Waals surface area contributed by atoms with Crippen molar-refractivity contribution in [3.8, 4) is 0 Å². The van der Waals surface area contributed by atoms with E-state index in [0.717, 1.165) is 11.8 Å². The lowest BCUT2D eigenvalue weighted by Crippen LogP contribution is -2.22. The van der Waals surface area contributed by atoms with Crippen molar-refractivity contribution in [1.82, 2.24) is 15.5 Å². The fourth-order valence-electron chi connectivity index (χ4n) is 1.36. The van der Waals surface area contributed by atoms with Crippen LogP contribution in [0, 0.1) is 5.82 Å². The van der Waals surface area contributed by atoms with Crippen LogP contribution in [-0.4, -0.2) is 27.8 Å². The smallest absolute Gasteiger partial charge is 0.277 e. The Morgan fingerprint density at radius 2 is 2.00 bits per heavy atom. The number of thioether (sulfide) groups is 1. The molecule has 1 aromatic heterocycles. The number of nitrogens with two attached hydrogens (primary N) is 1. The normalized spacial score (nSPS) is 10.3. The second-order valence-corrected chi connectivity index (χ2v) is 4.83. The van der Waals surface area contributed by atoms with Crippen molar-refractivity contribution in [3.63, 3.8) is 0 Å². The van der Waals surface area contributed by atoms with Crippen LogP contribution in [0.5, 0.6) is 0 Å². The molecule has 0 bridgehead atoms. The molecule has 0 aliphatic heterocycles. The molecule has 110 valence electrons. The topological polar surface area (TPSA) is 111 Å². The molecule has 9 heteroatoms. The van der Waals surface area contributed by atoms with Gasteiger partial charge in [0.05, 0.1) is 12.3 Å². The van der Waals surface area contributed by atoms with E-state index in [4.69, 9.17) is 10.2 Å².